The molecule has 2 rings (SSSR count). The molecule has 0 aliphatic rings. The lowest BCUT2D eigenvalue weighted by Crippen LogP contribution is -1.96. The average molecular weight is 230 g/mol. The van der Waals surface area contributed by atoms with Crippen LogP contribution >= 0.6 is 0 Å². The van der Waals surface area contributed by atoms with E-state index in [0.717, 1.165) is 22.9 Å². The van der Waals surface area contributed by atoms with Crippen molar-refractivity contribution in [1.29, 1.82) is 0 Å². The molecule has 4 nitrogen and oxygen atoms in total. The first-order chi connectivity index (χ1) is 8.31. The third kappa shape index (κ3) is 2.93. The minimum absolute atomic E-state index is 0.661. The highest BCUT2D eigenvalue weighted by atomic mass is 16.5. The summed E-state index contributed by atoms with van der Waals surface area (Å²) in [5.41, 5.74) is 1.06. The summed E-state index contributed by atoms with van der Waals surface area (Å²) < 4.78 is 10.4. The first-order valence-corrected chi connectivity index (χ1v) is 5.29. The van der Waals surface area contributed by atoms with E-state index in [9.17, 15) is 0 Å². The van der Waals surface area contributed by atoms with Crippen LogP contribution in [0.3, 0.4) is 0 Å². The van der Waals surface area contributed by atoms with E-state index in [1.54, 1.807) is 32.7 Å². The van der Waals surface area contributed by atoms with Gasteiger partial charge in [0.2, 0.25) is 0 Å². The number of ether oxygens (including phenoxy) is 2. The van der Waals surface area contributed by atoms with Gasteiger partial charge in [-0.05, 0) is 23.8 Å². The van der Waals surface area contributed by atoms with Crippen LogP contribution in [0.4, 0.5) is 0 Å². The summed E-state index contributed by atoms with van der Waals surface area (Å²) in [5, 5.41) is 0. The number of benzene rings is 1. The number of nitrogens with zero attached hydrogens (tertiary/aromatic N) is 2. The second-order valence-electron chi connectivity index (χ2n) is 3.56. The molecule has 17 heavy (non-hydrogen) atoms. The van der Waals surface area contributed by atoms with Crippen molar-refractivity contribution >= 4 is 0 Å². The third-order valence-corrected chi connectivity index (χ3v) is 2.39. The predicted octanol–water partition coefficient (Wildman–Crippen LogP) is 2.08. The van der Waals surface area contributed by atoms with Crippen LogP contribution in [0, 0.1) is 0 Å². The molecule has 0 aliphatic heterocycles. The Balaban J connectivity index is 2.26. The van der Waals surface area contributed by atoms with E-state index in [0.29, 0.717) is 6.42 Å². The standard InChI is InChI=1S/C13H14N2O2/c1-16-11-6-10(7-12(9-11)17-2)8-13-14-4-3-5-15-13/h3-7,9H,8H2,1-2H3. The first-order valence-electron chi connectivity index (χ1n) is 5.29. The summed E-state index contributed by atoms with van der Waals surface area (Å²) in [6.45, 7) is 0. The van der Waals surface area contributed by atoms with Crippen LogP contribution in [0.2, 0.25) is 0 Å². The highest BCUT2D eigenvalue weighted by Gasteiger charge is 2.04. The van der Waals surface area contributed by atoms with Gasteiger partial charge in [-0.25, -0.2) is 9.97 Å². The molecule has 1 aromatic heterocycles. The summed E-state index contributed by atoms with van der Waals surface area (Å²) in [4.78, 5) is 8.38. The van der Waals surface area contributed by atoms with Crippen LogP contribution in [0.25, 0.3) is 0 Å². The Morgan fingerprint density at radius 3 is 2.06 bits per heavy atom. The van der Waals surface area contributed by atoms with Gasteiger partial charge >= 0.3 is 0 Å². The smallest absolute Gasteiger partial charge is 0.132 e. The fourth-order valence-corrected chi connectivity index (χ4v) is 1.57. The van der Waals surface area contributed by atoms with Crippen LogP contribution in [0.1, 0.15) is 11.4 Å². The number of methoxy groups -OCH3 is 2. The van der Waals surface area contributed by atoms with E-state index >= 15 is 0 Å². The fraction of sp³-hybridized carbons (Fsp3) is 0.231. The first kappa shape index (κ1) is 11.4. The zero-order valence-electron chi connectivity index (χ0n) is 9.88. The van der Waals surface area contributed by atoms with E-state index in [-0.39, 0.29) is 0 Å². The monoisotopic (exact) mass is 230 g/mol. The van der Waals surface area contributed by atoms with E-state index < -0.39 is 0 Å². The Labute approximate surface area is 100 Å². The number of hydrogen-bond acceptors (Lipinski definition) is 4. The molecule has 1 heterocycles. The highest BCUT2D eigenvalue weighted by Crippen LogP contribution is 2.23. The van der Waals surface area contributed by atoms with Gasteiger partial charge in [-0.2, -0.15) is 0 Å². The lowest BCUT2D eigenvalue weighted by Gasteiger charge is -2.07. The van der Waals surface area contributed by atoms with Gasteiger partial charge in [0.15, 0.2) is 0 Å². The van der Waals surface area contributed by atoms with Gasteiger partial charge in [-0.3, -0.25) is 0 Å². The molecular formula is C13H14N2O2. The lowest BCUT2D eigenvalue weighted by atomic mass is 10.1. The molecule has 0 fully saturated rings. The molecule has 0 radical (unpaired) electrons. The summed E-state index contributed by atoms with van der Waals surface area (Å²) >= 11 is 0. The molecule has 0 aliphatic carbocycles. The number of hydrogen-bond donors (Lipinski definition) is 0. The molecular weight excluding hydrogens is 216 g/mol. The van der Waals surface area contributed by atoms with Crippen molar-refractivity contribution in [2.24, 2.45) is 0 Å². The van der Waals surface area contributed by atoms with Crippen LogP contribution < -0.4 is 9.47 Å². The van der Waals surface area contributed by atoms with Crippen molar-refractivity contribution in [3.63, 3.8) is 0 Å². The van der Waals surface area contributed by atoms with Gasteiger partial charge in [0, 0.05) is 24.9 Å². The van der Waals surface area contributed by atoms with E-state index in [1.807, 2.05) is 18.2 Å². The Hall–Kier alpha value is -2.10. The highest BCUT2D eigenvalue weighted by molar-refractivity contribution is 5.39. The predicted molar refractivity (Wildman–Crippen MR) is 64.4 cm³/mol. The minimum Gasteiger partial charge on any atom is -0.497 e. The molecule has 0 saturated heterocycles. The molecule has 0 atom stereocenters. The van der Waals surface area contributed by atoms with Crippen LogP contribution in [0.15, 0.2) is 36.7 Å². The minimum atomic E-state index is 0.661. The van der Waals surface area contributed by atoms with Crippen molar-refractivity contribution < 1.29 is 9.47 Å². The van der Waals surface area contributed by atoms with Gasteiger partial charge in [0.25, 0.3) is 0 Å². The van der Waals surface area contributed by atoms with E-state index in [4.69, 9.17) is 9.47 Å². The molecule has 0 saturated carbocycles. The molecule has 88 valence electrons. The SMILES string of the molecule is COc1cc(Cc2ncccn2)cc(OC)c1. The molecule has 0 bridgehead atoms. The van der Waals surface area contributed by atoms with Gasteiger partial charge < -0.3 is 9.47 Å². The lowest BCUT2D eigenvalue weighted by molar-refractivity contribution is 0.393. The Morgan fingerprint density at radius 1 is 0.941 bits per heavy atom. The molecule has 2 aromatic rings. The molecule has 0 amide bonds. The average Bonchev–Trinajstić information content (AvgIpc) is 2.39. The zero-order valence-corrected chi connectivity index (χ0v) is 9.88. The summed E-state index contributed by atoms with van der Waals surface area (Å²) in [6, 6.07) is 7.56. The zero-order chi connectivity index (χ0) is 12.1. The van der Waals surface area contributed by atoms with Gasteiger partial charge in [0.1, 0.15) is 17.3 Å². The van der Waals surface area contributed by atoms with Gasteiger partial charge in [0.05, 0.1) is 14.2 Å². The van der Waals surface area contributed by atoms with Crippen molar-refractivity contribution in [3.8, 4) is 11.5 Å². The Bertz CT molecular complexity index is 464. The van der Waals surface area contributed by atoms with Gasteiger partial charge in [-0.15, -0.1) is 0 Å². The maximum Gasteiger partial charge on any atom is 0.132 e. The normalized spacial score (nSPS) is 10.0. The van der Waals surface area contributed by atoms with E-state index in [2.05, 4.69) is 9.97 Å². The van der Waals surface area contributed by atoms with Crippen molar-refractivity contribution in [2.45, 2.75) is 6.42 Å². The summed E-state index contributed by atoms with van der Waals surface area (Å²) in [5.74, 6) is 2.33. The quantitative estimate of drug-likeness (QED) is 0.806. The number of aromatic nitrogens is 2. The van der Waals surface area contributed by atoms with Crippen LogP contribution in [0.5, 0.6) is 11.5 Å². The molecule has 4 heteroatoms. The maximum absolute atomic E-state index is 5.21. The molecule has 0 N–H and O–H groups in total. The van der Waals surface area contributed by atoms with Gasteiger partial charge in [-0.1, -0.05) is 0 Å². The Morgan fingerprint density at radius 2 is 1.53 bits per heavy atom. The molecule has 1 aromatic carbocycles. The fourth-order valence-electron chi connectivity index (χ4n) is 1.57. The van der Waals surface area contributed by atoms with Crippen LogP contribution in [-0.4, -0.2) is 24.2 Å². The third-order valence-electron chi connectivity index (χ3n) is 2.39. The summed E-state index contributed by atoms with van der Waals surface area (Å²) in [6.07, 6.45) is 4.13. The van der Waals surface area contributed by atoms with Crippen molar-refractivity contribution in [3.05, 3.63) is 48.0 Å². The van der Waals surface area contributed by atoms with Crippen molar-refractivity contribution in [1.82, 2.24) is 9.97 Å². The topological polar surface area (TPSA) is 44.2 Å². The second-order valence-corrected chi connectivity index (χ2v) is 3.56. The maximum atomic E-state index is 5.21. The molecule has 0 spiro atoms. The van der Waals surface area contributed by atoms with E-state index in [1.165, 1.54) is 0 Å². The van der Waals surface area contributed by atoms with Crippen molar-refractivity contribution in [2.75, 3.05) is 14.2 Å². The second kappa shape index (κ2) is 5.30. The summed E-state index contributed by atoms with van der Waals surface area (Å²) in [7, 11) is 3.27. The number of rotatable bonds is 4. The molecule has 0 unspecified atom stereocenters. The van der Waals surface area contributed by atoms with Crippen LogP contribution in [-0.2, 0) is 6.42 Å². The Kier molecular flexibility index (Phi) is 3.55. The largest absolute Gasteiger partial charge is 0.497 e.